The minimum Gasteiger partial charge on any atom is -0.317 e. The lowest BCUT2D eigenvalue weighted by atomic mass is 9.65. The molecular weight excluding hydrogens is 182 g/mol. The number of nitrogens with one attached hydrogen (secondary N) is 1. The number of benzene rings is 1. The summed E-state index contributed by atoms with van der Waals surface area (Å²) >= 11 is 0. The zero-order chi connectivity index (χ0) is 10.8. The smallest absolute Gasteiger partial charge is 0.0104 e. The SMILES string of the molecule is CCC1C(NC)CC1c1ccc(C)cc1. The Labute approximate surface area is 92.9 Å². The lowest BCUT2D eigenvalue weighted by Gasteiger charge is -2.45. The van der Waals surface area contributed by atoms with E-state index in [0.29, 0.717) is 0 Å². The molecule has 1 aromatic carbocycles. The molecule has 15 heavy (non-hydrogen) atoms. The standard InChI is InChI=1S/C14H21N/c1-4-12-13(9-14(12)15-3)11-7-5-10(2)6-8-11/h5-8,12-15H,4,9H2,1-3H3. The van der Waals surface area contributed by atoms with Crippen LogP contribution in [0.15, 0.2) is 24.3 Å². The van der Waals surface area contributed by atoms with Gasteiger partial charge in [-0.05, 0) is 37.8 Å². The van der Waals surface area contributed by atoms with E-state index in [1.807, 2.05) is 0 Å². The maximum absolute atomic E-state index is 3.41. The van der Waals surface area contributed by atoms with Gasteiger partial charge in [-0.3, -0.25) is 0 Å². The van der Waals surface area contributed by atoms with Crippen LogP contribution in [0.25, 0.3) is 0 Å². The number of hydrogen-bond donors (Lipinski definition) is 1. The van der Waals surface area contributed by atoms with Crippen LogP contribution in [0.4, 0.5) is 0 Å². The van der Waals surface area contributed by atoms with E-state index in [0.717, 1.165) is 17.9 Å². The summed E-state index contributed by atoms with van der Waals surface area (Å²) in [5.74, 6) is 1.62. The van der Waals surface area contributed by atoms with Crippen LogP contribution in [0.2, 0.25) is 0 Å². The van der Waals surface area contributed by atoms with Crippen LogP contribution in [0.1, 0.15) is 36.8 Å². The van der Waals surface area contributed by atoms with Gasteiger partial charge in [0.1, 0.15) is 0 Å². The fourth-order valence-electron chi connectivity index (χ4n) is 2.81. The highest BCUT2D eigenvalue weighted by molar-refractivity contribution is 5.28. The summed E-state index contributed by atoms with van der Waals surface area (Å²) in [4.78, 5) is 0. The van der Waals surface area contributed by atoms with E-state index < -0.39 is 0 Å². The van der Waals surface area contributed by atoms with Gasteiger partial charge in [0.15, 0.2) is 0 Å². The first-order valence-corrected chi connectivity index (χ1v) is 6.00. The average Bonchev–Trinajstić information content (AvgIpc) is 2.21. The normalized spacial score (nSPS) is 29.9. The lowest BCUT2D eigenvalue weighted by Crippen LogP contribution is -2.47. The molecule has 0 heterocycles. The Balaban J connectivity index is 2.09. The van der Waals surface area contributed by atoms with Crippen molar-refractivity contribution in [2.75, 3.05) is 7.05 Å². The van der Waals surface area contributed by atoms with Gasteiger partial charge >= 0.3 is 0 Å². The van der Waals surface area contributed by atoms with Crippen molar-refractivity contribution in [2.24, 2.45) is 5.92 Å². The molecule has 1 fully saturated rings. The zero-order valence-electron chi connectivity index (χ0n) is 9.96. The highest BCUT2D eigenvalue weighted by atomic mass is 14.9. The van der Waals surface area contributed by atoms with Crippen molar-refractivity contribution in [3.05, 3.63) is 35.4 Å². The largest absolute Gasteiger partial charge is 0.317 e. The molecule has 0 spiro atoms. The molecule has 82 valence electrons. The van der Waals surface area contributed by atoms with Crippen LogP contribution in [0.3, 0.4) is 0 Å². The van der Waals surface area contributed by atoms with Crippen LogP contribution in [0.5, 0.6) is 0 Å². The highest BCUT2D eigenvalue weighted by Crippen LogP contribution is 2.44. The molecule has 1 aliphatic carbocycles. The fourth-order valence-corrected chi connectivity index (χ4v) is 2.81. The van der Waals surface area contributed by atoms with Crippen molar-refractivity contribution in [3.8, 4) is 0 Å². The molecule has 1 N–H and O–H groups in total. The third kappa shape index (κ3) is 1.93. The van der Waals surface area contributed by atoms with E-state index in [1.165, 1.54) is 24.0 Å². The molecule has 1 heteroatoms. The highest BCUT2D eigenvalue weighted by Gasteiger charge is 2.39. The summed E-state index contributed by atoms with van der Waals surface area (Å²) in [6.45, 7) is 4.45. The Morgan fingerprint density at radius 2 is 1.93 bits per heavy atom. The van der Waals surface area contributed by atoms with E-state index >= 15 is 0 Å². The Bertz CT molecular complexity index is 315. The maximum Gasteiger partial charge on any atom is 0.0104 e. The van der Waals surface area contributed by atoms with Gasteiger partial charge < -0.3 is 5.32 Å². The van der Waals surface area contributed by atoms with E-state index in [2.05, 4.69) is 50.5 Å². The predicted molar refractivity (Wildman–Crippen MR) is 65.2 cm³/mol. The van der Waals surface area contributed by atoms with E-state index in [9.17, 15) is 0 Å². The first-order valence-electron chi connectivity index (χ1n) is 6.00. The van der Waals surface area contributed by atoms with Gasteiger partial charge in [-0.25, -0.2) is 0 Å². The molecule has 0 amide bonds. The van der Waals surface area contributed by atoms with Crippen molar-refractivity contribution >= 4 is 0 Å². The third-order valence-electron chi connectivity index (χ3n) is 3.89. The quantitative estimate of drug-likeness (QED) is 0.796. The minimum atomic E-state index is 0.737. The van der Waals surface area contributed by atoms with Gasteiger partial charge in [-0.2, -0.15) is 0 Å². The molecule has 2 rings (SSSR count). The summed E-state index contributed by atoms with van der Waals surface area (Å²) in [6.07, 6.45) is 2.59. The number of aryl methyl sites for hydroxylation is 1. The molecule has 1 aliphatic rings. The second-order valence-electron chi connectivity index (χ2n) is 4.72. The van der Waals surface area contributed by atoms with E-state index in [-0.39, 0.29) is 0 Å². The second kappa shape index (κ2) is 4.36. The Morgan fingerprint density at radius 1 is 1.27 bits per heavy atom. The number of hydrogen-bond acceptors (Lipinski definition) is 1. The average molecular weight is 203 g/mol. The van der Waals surface area contributed by atoms with Crippen LogP contribution in [-0.4, -0.2) is 13.1 Å². The Kier molecular flexibility index (Phi) is 3.11. The van der Waals surface area contributed by atoms with E-state index in [1.54, 1.807) is 0 Å². The molecular formula is C14H21N. The predicted octanol–water partition coefficient (Wildman–Crippen LogP) is 3.10. The van der Waals surface area contributed by atoms with Crippen molar-refractivity contribution in [2.45, 2.75) is 38.6 Å². The Hall–Kier alpha value is -0.820. The van der Waals surface area contributed by atoms with Crippen molar-refractivity contribution in [1.82, 2.24) is 5.32 Å². The van der Waals surface area contributed by atoms with Crippen LogP contribution >= 0.6 is 0 Å². The third-order valence-corrected chi connectivity index (χ3v) is 3.89. The monoisotopic (exact) mass is 203 g/mol. The van der Waals surface area contributed by atoms with Gasteiger partial charge in [-0.1, -0.05) is 43.2 Å². The first kappa shape index (κ1) is 10.7. The molecule has 0 radical (unpaired) electrons. The van der Waals surface area contributed by atoms with Gasteiger partial charge in [0.25, 0.3) is 0 Å². The molecule has 3 unspecified atom stereocenters. The van der Waals surface area contributed by atoms with Gasteiger partial charge in [0, 0.05) is 6.04 Å². The summed E-state index contributed by atoms with van der Waals surface area (Å²) in [5, 5.41) is 3.41. The zero-order valence-corrected chi connectivity index (χ0v) is 9.96. The second-order valence-corrected chi connectivity index (χ2v) is 4.72. The molecule has 0 aromatic heterocycles. The minimum absolute atomic E-state index is 0.737. The van der Waals surface area contributed by atoms with Crippen LogP contribution in [-0.2, 0) is 0 Å². The molecule has 0 aliphatic heterocycles. The van der Waals surface area contributed by atoms with Crippen molar-refractivity contribution in [3.63, 3.8) is 0 Å². The van der Waals surface area contributed by atoms with Crippen molar-refractivity contribution in [1.29, 1.82) is 0 Å². The fraction of sp³-hybridized carbons (Fsp3) is 0.571. The number of rotatable bonds is 3. The first-order chi connectivity index (χ1) is 7.26. The van der Waals surface area contributed by atoms with Crippen LogP contribution in [0, 0.1) is 12.8 Å². The topological polar surface area (TPSA) is 12.0 Å². The summed E-state index contributed by atoms with van der Waals surface area (Å²) in [6, 6.07) is 9.80. The van der Waals surface area contributed by atoms with Crippen LogP contribution < -0.4 is 5.32 Å². The van der Waals surface area contributed by atoms with Gasteiger partial charge in [-0.15, -0.1) is 0 Å². The van der Waals surface area contributed by atoms with E-state index in [4.69, 9.17) is 0 Å². The van der Waals surface area contributed by atoms with Gasteiger partial charge in [0.05, 0.1) is 0 Å². The molecule has 1 aromatic rings. The summed E-state index contributed by atoms with van der Waals surface area (Å²) in [7, 11) is 2.08. The lowest BCUT2D eigenvalue weighted by molar-refractivity contribution is 0.169. The molecule has 0 bridgehead atoms. The summed E-state index contributed by atoms with van der Waals surface area (Å²) in [5.41, 5.74) is 2.88. The van der Waals surface area contributed by atoms with Gasteiger partial charge in [0.2, 0.25) is 0 Å². The summed E-state index contributed by atoms with van der Waals surface area (Å²) < 4.78 is 0. The Morgan fingerprint density at radius 3 is 2.47 bits per heavy atom. The molecule has 3 atom stereocenters. The molecule has 1 saturated carbocycles. The molecule has 1 nitrogen and oxygen atoms in total. The van der Waals surface area contributed by atoms with Crippen molar-refractivity contribution < 1.29 is 0 Å². The molecule has 0 saturated heterocycles. The maximum atomic E-state index is 3.41.